The van der Waals surface area contributed by atoms with E-state index >= 15 is 0 Å². The maximum absolute atomic E-state index is 4.01. The van der Waals surface area contributed by atoms with E-state index in [1.807, 2.05) is 6.20 Å². The monoisotopic (exact) mass is 222 g/mol. The maximum Gasteiger partial charge on any atom is 0.0921 e. The van der Waals surface area contributed by atoms with E-state index in [1.165, 1.54) is 38.2 Å². The first-order valence-electron chi connectivity index (χ1n) is 6.21. The van der Waals surface area contributed by atoms with Gasteiger partial charge < -0.3 is 15.2 Å². The van der Waals surface area contributed by atoms with Crippen molar-refractivity contribution in [3.05, 3.63) is 18.2 Å². The highest BCUT2D eigenvalue weighted by Gasteiger charge is 2.15. The summed E-state index contributed by atoms with van der Waals surface area (Å²) < 4.78 is 0. The molecule has 90 valence electrons. The van der Waals surface area contributed by atoms with Crippen LogP contribution in [-0.2, 0) is 6.42 Å². The number of hydrogen-bond donors (Lipinski definition) is 2. The molecule has 1 aromatic rings. The van der Waals surface area contributed by atoms with Gasteiger partial charge in [-0.1, -0.05) is 0 Å². The molecule has 0 aromatic carbocycles. The van der Waals surface area contributed by atoms with Crippen molar-refractivity contribution in [1.82, 2.24) is 20.2 Å². The molecule has 16 heavy (non-hydrogen) atoms. The highest BCUT2D eigenvalue weighted by molar-refractivity contribution is 4.94. The van der Waals surface area contributed by atoms with E-state index in [0.29, 0.717) is 0 Å². The fourth-order valence-electron chi connectivity index (χ4n) is 2.22. The van der Waals surface area contributed by atoms with Gasteiger partial charge in [-0.3, -0.25) is 0 Å². The minimum Gasteiger partial charge on any atom is -0.348 e. The minimum absolute atomic E-state index is 0.873. The lowest BCUT2D eigenvalue weighted by atomic mass is 9.97. The zero-order chi connectivity index (χ0) is 11.2. The van der Waals surface area contributed by atoms with Crippen molar-refractivity contribution in [3.63, 3.8) is 0 Å². The van der Waals surface area contributed by atoms with E-state index in [0.717, 1.165) is 18.9 Å². The molecule has 2 N–H and O–H groups in total. The van der Waals surface area contributed by atoms with Crippen LogP contribution in [0.15, 0.2) is 12.5 Å². The summed E-state index contributed by atoms with van der Waals surface area (Å²) >= 11 is 0. The highest BCUT2D eigenvalue weighted by Crippen LogP contribution is 2.14. The molecule has 1 saturated heterocycles. The molecule has 2 heterocycles. The Labute approximate surface area is 97.4 Å². The maximum atomic E-state index is 4.01. The third-order valence-corrected chi connectivity index (χ3v) is 3.40. The molecule has 1 fully saturated rings. The number of likely N-dealkylation sites (tertiary alicyclic amines) is 1. The van der Waals surface area contributed by atoms with Gasteiger partial charge in [-0.2, -0.15) is 0 Å². The Balaban J connectivity index is 1.55. The van der Waals surface area contributed by atoms with Gasteiger partial charge >= 0.3 is 0 Å². The van der Waals surface area contributed by atoms with Gasteiger partial charge in [0.2, 0.25) is 0 Å². The van der Waals surface area contributed by atoms with Crippen molar-refractivity contribution in [2.24, 2.45) is 5.92 Å². The summed E-state index contributed by atoms with van der Waals surface area (Å²) in [6.07, 6.45) is 7.37. The second-order valence-electron chi connectivity index (χ2n) is 4.78. The van der Waals surface area contributed by atoms with Gasteiger partial charge in [0.15, 0.2) is 0 Å². The van der Waals surface area contributed by atoms with Gasteiger partial charge in [-0.15, -0.1) is 0 Å². The molecule has 1 aliphatic rings. The van der Waals surface area contributed by atoms with E-state index in [9.17, 15) is 0 Å². The van der Waals surface area contributed by atoms with Crippen LogP contribution in [0.5, 0.6) is 0 Å². The number of nitrogens with one attached hydrogen (secondary N) is 2. The number of hydrogen-bond acceptors (Lipinski definition) is 3. The topological polar surface area (TPSA) is 44.0 Å². The van der Waals surface area contributed by atoms with Crippen LogP contribution in [-0.4, -0.2) is 48.1 Å². The van der Waals surface area contributed by atoms with Gasteiger partial charge in [0.1, 0.15) is 0 Å². The van der Waals surface area contributed by atoms with Crippen LogP contribution in [0.2, 0.25) is 0 Å². The number of aromatic nitrogens is 2. The second kappa shape index (κ2) is 6.01. The van der Waals surface area contributed by atoms with E-state index < -0.39 is 0 Å². The quantitative estimate of drug-likeness (QED) is 0.727. The first kappa shape index (κ1) is 11.6. The van der Waals surface area contributed by atoms with Crippen LogP contribution in [0.3, 0.4) is 0 Å². The first-order valence-corrected chi connectivity index (χ1v) is 6.21. The van der Waals surface area contributed by atoms with Crippen molar-refractivity contribution in [2.45, 2.75) is 19.3 Å². The molecule has 0 unspecified atom stereocenters. The normalized spacial score (nSPS) is 19.1. The average molecular weight is 222 g/mol. The fraction of sp³-hybridized carbons (Fsp3) is 0.750. The van der Waals surface area contributed by atoms with Crippen molar-refractivity contribution < 1.29 is 0 Å². The van der Waals surface area contributed by atoms with Crippen molar-refractivity contribution in [1.29, 1.82) is 0 Å². The highest BCUT2D eigenvalue weighted by atomic mass is 15.1. The summed E-state index contributed by atoms with van der Waals surface area (Å²) in [4.78, 5) is 9.55. The van der Waals surface area contributed by atoms with E-state index in [-0.39, 0.29) is 0 Å². The number of H-pyrrole nitrogens is 1. The van der Waals surface area contributed by atoms with Crippen molar-refractivity contribution in [2.75, 3.05) is 33.2 Å². The molecule has 1 aliphatic heterocycles. The van der Waals surface area contributed by atoms with Crippen LogP contribution in [0.4, 0.5) is 0 Å². The molecule has 0 atom stereocenters. The largest absolute Gasteiger partial charge is 0.348 e. The SMILES string of the molecule is CN1CCC(CNCCc2cnc[nH]2)CC1. The third kappa shape index (κ3) is 3.61. The van der Waals surface area contributed by atoms with Crippen molar-refractivity contribution in [3.8, 4) is 0 Å². The van der Waals surface area contributed by atoms with E-state index in [2.05, 4.69) is 27.2 Å². The number of piperidine rings is 1. The summed E-state index contributed by atoms with van der Waals surface area (Å²) in [6.45, 7) is 4.73. The van der Waals surface area contributed by atoms with Gasteiger partial charge in [0, 0.05) is 24.9 Å². The summed E-state index contributed by atoms with van der Waals surface area (Å²) in [5.41, 5.74) is 1.22. The lowest BCUT2D eigenvalue weighted by Gasteiger charge is -2.29. The van der Waals surface area contributed by atoms with Crippen LogP contribution in [0.1, 0.15) is 18.5 Å². The predicted molar refractivity (Wildman–Crippen MR) is 65.4 cm³/mol. The van der Waals surface area contributed by atoms with Gasteiger partial charge in [-0.25, -0.2) is 4.98 Å². The molecule has 0 saturated carbocycles. The Bertz CT molecular complexity index is 275. The number of nitrogens with zero attached hydrogens (tertiary/aromatic N) is 2. The van der Waals surface area contributed by atoms with E-state index in [1.54, 1.807) is 6.33 Å². The Morgan fingerprint density at radius 3 is 3.00 bits per heavy atom. The molecule has 0 bridgehead atoms. The third-order valence-electron chi connectivity index (χ3n) is 3.40. The zero-order valence-corrected chi connectivity index (χ0v) is 10.1. The Morgan fingerprint density at radius 1 is 1.50 bits per heavy atom. The summed E-state index contributed by atoms with van der Waals surface area (Å²) in [5.74, 6) is 0.873. The molecule has 2 rings (SSSR count). The second-order valence-corrected chi connectivity index (χ2v) is 4.78. The minimum atomic E-state index is 0.873. The summed E-state index contributed by atoms with van der Waals surface area (Å²) in [7, 11) is 2.21. The summed E-state index contributed by atoms with van der Waals surface area (Å²) in [5, 5.41) is 3.54. The van der Waals surface area contributed by atoms with Gasteiger partial charge in [0.25, 0.3) is 0 Å². The Morgan fingerprint density at radius 2 is 2.31 bits per heavy atom. The number of imidazole rings is 1. The lowest BCUT2D eigenvalue weighted by molar-refractivity contribution is 0.216. The number of rotatable bonds is 5. The molecule has 4 nitrogen and oxygen atoms in total. The molecule has 4 heteroatoms. The standard InChI is InChI=1S/C12H22N4/c1-16-6-3-11(4-7-16)8-13-5-2-12-9-14-10-15-12/h9-11,13H,2-8H2,1H3,(H,14,15). The van der Waals surface area contributed by atoms with Gasteiger partial charge in [0.05, 0.1) is 6.33 Å². The van der Waals surface area contributed by atoms with Gasteiger partial charge in [-0.05, 0) is 45.4 Å². The fourth-order valence-corrected chi connectivity index (χ4v) is 2.22. The summed E-state index contributed by atoms with van der Waals surface area (Å²) in [6, 6.07) is 0. The first-order chi connectivity index (χ1) is 7.84. The Kier molecular flexibility index (Phi) is 4.36. The van der Waals surface area contributed by atoms with Crippen LogP contribution < -0.4 is 5.32 Å². The number of aromatic amines is 1. The van der Waals surface area contributed by atoms with Crippen molar-refractivity contribution >= 4 is 0 Å². The van der Waals surface area contributed by atoms with Crippen LogP contribution in [0, 0.1) is 5.92 Å². The van der Waals surface area contributed by atoms with E-state index in [4.69, 9.17) is 0 Å². The predicted octanol–water partition coefficient (Wildman–Crippen LogP) is 0.884. The smallest absolute Gasteiger partial charge is 0.0921 e. The lowest BCUT2D eigenvalue weighted by Crippen LogP contribution is -2.35. The zero-order valence-electron chi connectivity index (χ0n) is 10.1. The molecule has 0 aliphatic carbocycles. The Hall–Kier alpha value is -0.870. The van der Waals surface area contributed by atoms with Crippen LogP contribution in [0.25, 0.3) is 0 Å². The average Bonchev–Trinajstić information content (AvgIpc) is 2.80. The molecule has 1 aromatic heterocycles. The molecule has 0 spiro atoms. The molecular formula is C12H22N4. The molecule has 0 radical (unpaired) electrons. The van der Waals surface area contributed by atoms with Crippen LogP contribution >= 0.6 is 0 Å². The molecular weight excluding hydrogens is 200 g/mol. The molecule has 0 amide bonds.